The fraction of sp³-hybridized carbons (Fsp3) is 0.895. The van der Waals surface area contributed by atoms with Crippen LogP contribution in [0.25, 0.3) is 0 Å². The van der Waals surface area contributed by atoms with Gasteiger partial charge in [0.15, 0.2) is 0 Å². The van der Waals surface area contributed by atoms with Gasteiger partial charge in [-0.05, 0) is 51.4 Å². The van der Waals surface area contributed by atoms with Crippen LogP contribution in [-0.4, -0.2) is 47.4 Å². The normalized spacial score (nSPS) is 12.8. The summed E-state index contributed by atoms with van der Waals surface area (Å²) in [4.78, 5) is 24.4. The summed E-state index contributed by atoms with van der Waals surface area (Å²) in [6, 6.07) is -0.539. The molecular formula is C57H109NO5. The number of carbonyl (C=O) groups is 2. The van der Waals surface area contributed by atoms with Crippen LogP contribution in [0.2, 0.25) is 0 Å². The zero-order valence-corrected chi connectivity index (χ0v) is 42.3. The van der Waals surface area contributed by atoms with Crippen LogP contribution in [0, 0.1) is 0 Å². The number of unbranched alkanes of at least 4 members (excludes halogenated alkanes) is 37. The Hall–Kier alpha value is -1.66. The van der Waals surface area contributed by atoms with Crippen LogP contribution in [0.4, 0.5) is 0 Å². The van der Waals surface area contributed by atoms with Gasteiger partial charge in [-0.1, -0.05) is 263 Å². The Balaban J connectivity index is 3.36. The molecule has 0 rings (SSSR count). The van der Waals surface area contributed by atoms with Crippen LogP contribution < -0.4 is 5.32 Å². The number of amides is 1. The summed E-state index contributed by atoms with van der Waals surface area (Å²) < 4.78 is 5.47. The van der Waals surface area contributed by atoms with Crippen LogP contribution >= 0.6 is 0 Å². The zero-order valence-electron chi connectivity index (χ0n) is 42.3. The van der Waals surface area contributed by atoms with E-state index in [9.17, 15) is 19.8 Å². The minimum atomic E-state index is -0.662. The SMILES string of the molecule is CCCC/C=C\C/C=C\CCCCCCCC(=O)OCCCCCCCCCCCCCCCCCCCCCCCCC(=O)NC(CO)C(O)CCCCCCCCCCCC. The van der Waals surface area contributed by atoms with Crippen LogP contribution in [0.3, 0.4) is 0 Å². The van der Waals surface area contributed by atoms with E-state index in [0.717, 1.165) is 51.4 Å². The van der Waals surface area contributed by atoms with Crippen molar-refractivity contribution in [1.29, 1.82) is 0 Å². The summed E-state index contributed by atoms with van der Waals surface area (Å²) in [5, 5.41) is 23.1. The van der Waals surface area contributed by atoms with E-state index in [1.165, 1.54) is 218 Å². The van der Waals surface area contributed by atoms with E-state index in [4.69, 9.17) is 4.74 Å². The molecule has 0 aliphatic heterocycles. The van der Waals surface area contributed by atoms with Gasteiger partial charge in [0.25, 0.3) is 0 Å². The Labute approximate surface area is 392 Å². The lowest BCUT2D eigenvalue weighted by molar-refractivity contribution is -0.143. The van der Waals surface area contributed by atoms with Crippen molar-refractivity contribution in [3.8, 4) is 0 Å². The van der Waals surface area contributed by atoms with Gasteiger partial charge < -0.3 is 20.3 Å². The maximum absolute atomic E-state index is 12.4. The third-order valence-corrected chi connectivity index (χ3v) is 13.0. The number of carbonyl (C=O) groups excluding carboxylic acids is 2. The van der Waals surface area contributed by atoms with Crippen molar-refractivity contribution in [3.63, 3.8) is 0 Å². The van der Waals surface area contributed by atoms with Crippen molar-refractivity contribution >= 4 is 11.9 Å². The molecule has 3 N–H and O–H groups in total. The van der Waals surface area contributed by atoms with Crippen LogP contribution in [0.1, 0.15) is 303 Å². The topological polar surface area (TPSA) is 95.9 Å². The Morgan fingerprint density at radius 3 is 1.25 bits per heavy atom. The smallest absolute Gasteiger partial charge is 0.305 e. The van der Waals surface area contributed by atoms with E-state index in [1.807, 2.05) is 0 Å². The standard InChI is InChI=1S/C57H109NO5/c1-3-5-7-9-11-13-15-16-28-31-35-39-43-47-51-57(62)63-52-48-44-40-36-32-29-26-24-22-20-18-17-19-21-23-25-27-30-34-38-42-46-50-56(61)58-54(53-59)55(60)49-45-41-37-33-14-12-10-8-6-4-2/h9,11,15-16,54-55,59-60H,3-8,10,12-14,17-53H2,1-2H3,(H,58,61)/b11-9-,16-15-. The van der Waals surface area contributed by atoms with Gasteiger partial charge in [0, 0.05) is 12.8 Å². The molecule has 0 aromatic heterocycles. The molecule has 0 aromatic carbocycles. The molecule has 0 aliphatic rings. The number of hydrogen-bond donors (Lipinski definition) is 3. The van der Waals surface area contributed by atoms with Gasteiger partial charge in [0.2, 0.25) is 5.91 Å². The third-order valence-electron chi connectivity index (χ3n) is 13.0. The minimum Gasteiger partial charge on any atom is -0.466 e. The van der Waals surface area contributed by atoms with Gasteiger partial charge >= 0.3 is 5.97 Å². The van der Waals surface area contributed by atoms with Gasteiger partial charge in [-0.2, -0.15) is 0 Å². The van der Waals surface area contributed by atoms with E-state index in [0.29, 0.717) is 25.9 Å². The van der Waals surface area contributed by atoms with Gasteiger partial charge in [0.05, 0.1) is 25.4 Å². The Kier molecular flexibility index (Phi) is 51.6. The molecule has 1 amide bonds. The first-order chi connectivity index (χ1) is 31.0. The molecule has 372 valence electrons. The fourth-order valence-corrected chi connectivity index (χ4v) is 8.66. The molecule has 2 unspecified atom stereocenters. The molecule has 6 nitrogen and oxygen atoms in total. The fourth-order valence-electron chi connectivity index (χ4n) is 8.66. The molecule has 0 saturated heterocycles. The summed E-state index contributed by atoms with van der Waals surface area (Å²) in [6.07, 6.45) is 63.1. The molecule has 0 radical (unpaired) electrons. The molecule has 6 heteroatoms. The van der Waals surface area contributed by atoms with Crippen LogP contribution in [0.5, 0.6) is 0 Å². The number of ether oxygens (including phenoxy) is 1. The Bertz CT molecular complexity index is 982. The van der Waals surface area contributed by atoms with Crippen molar-refractivity contribution in [2.24, 2.45) is 0 Å². The molecule has 0 saturated carbocycles. The molecule has 0 aliphatic carbocycles. The number of esters is 1. The van der Waals surface area contributed by atoms with Crippen LogP contribution in [-0.2, 0) is 14.3 Å². The van der Waals surface area contributed by atoms with Crippen molar-refractivity contribution in [2.75, 3.05) is 13.2 Å². The van der Waals surface area contributed by atoms with E-state index < -0.39 is 12.1 Å². The zero-order chi connectivity index (χ0) is 45.8. The maximum Gasteiger partial charge on any atom is 0.305 e. The largest absolute Gasteiger partial charge is 0.466 e. The van der Waals surface area contributed by atoms with E-state index in [1.54, 1.807) is 0 Å². The second-order valence-electron chi connectivity index (χ2n) is 19.3. The number of nitrogens with one attached hydrogen (secondary N) is 1. The van der Waals surface area contributed by atoms with Gasteiger partial charge in [0.1, 0.15) is 0 Å². The summed E-state index contributed by atoms with van der Waals surface area (Å²) in [5.41, 5.74) is 0. The predicted octanol–water partition coefficient (Wildman–Crippen LogP) is 17.1. The molecule has 0 aromatic rings. The quantitative estimate of drug-likeness (QED) is 0.0321. The summed E-state index contributed by atoms with van der Waals surface area (Å²) >= 11 is 0. The highest BCUT2D eigenvalue weighted by Gasteiger charge is 2.20. The molecule has 63 heavy (non-hydrogen) atoms. The van der Waals surface area contributed by atoms with E-state index in [2.05, 4.69) is 43.5 Å². The lowest BCUT2D eigenvalue weighted by Gasteiger charge is -2.22. The highest BCUT2D eigenvalue weighted by Crippen LogP contribution is 2.17. The lowest BCUT2D eigenvalue weighted by Crippen LogP contribution is -2.45. The molecular weight excluding hydrogens is 779 g/mol. The highest BCUT2D eigenvalue weighted by atomic mass is 16.5. The molecule has 0 bridgehead atoms. The number of hydrogen-bond acceptors (Lipinski definition) is 5. The second-order valence-corrected chi connectivity index (χ2v) is 19.3. The van der Waals surface area contributed by atoms with Crippen molar-refractivity contribution in [3.05, 3.63) is 24.3 Å². The monoisotopic (exact) mass is 888 g/mol. The van der Waals surface area contributed by atoms with E-state index >= 15 is 0 Å². The van der Waals surface area contributed by atoms with Gasteiger partial charge in [-0.3, -0.25) is 9.59 Å². The average Bonchev–Trinajstić information content (AvgIpc) is 3.28. The summed E-state index contributed by atoms with van der Waals surface area (Å²) in [5.74, 6) is -0.0381. The maximum atomic E-state index is 12.4. The Morgan fingerprint density at radius 2 is 0.810 bits per heavy atom. The summed E-state index contributed by atoms with van der Waals surface area (Å²) in [6.45, 7) is 4.90. The Morgan fingerprint density at radius 1 is 0.444 bits per heavy atom. The number of allylic oxidation sites excluding steroid dienone is 4. The second kappa shape index (κ2) is 53.0. The van der Waals surface area contributed by atoms with Gasteiger partial charge in [-0.25, -0.2) is 0 Å². The first-order valence-corrected chi connectivity index (χ1v) is 28.1. The summed E-state index contributed by atoms with van der Waals surface area (Å²) in [7, 11) is 0. The third kappa shape index (κ3) is 49.6. The first-order valence-electron chi connectivity index (χ1n) is 28.1. The number of rotatable bonds is 52. The van der Waals surface area contributed by atoms with Crippen molar-refractivity contribution < 1.29 is 24.5 Å². The molecule has 0 heterocycles. The highest BCUT2D eigenvalue weighted by molar-refractivity contribution is 5.76. The lowest BCUT2D eigenvalue weighted by atomic mass is 10.0. The molecule has 0 fully saturated rings. The van der Waals surface area contributed by atoms with E-state index in [-0.39, 0.29) is 18.5 Å². The predicted molar refractivity (Wildman–Crippen MR) is 273 cm³/mol. The van der Waals surface area contributed by atoms with Crippen LogP contribution in [0.15, 0.2) is 24.3 Å². The minimum absolute atomic E-state index is 0.00151. The molecule has 0 spiro atoms. The van der Waals surface area contributed by atoms with Gasteiger partial charge in [-0.15, -0.1) is 0 Å². The van der Waals surface area contributed by atoms with Crippen molar-refractivity contribution in [2.45, 2.75) is 315 Å². The van der Waals surface area contributed by atoms with Crippen molar-refractivity contribution in [1.82, 2.24) is 5.32 Å². The first kappa shape index (κ1) is 61.3. The molecule has 2 atom stereocenters. The number of aliphatic hydroxyl groups is 2. The number of aliphatic hydroxyl groups excluding tert-OH is 2. The average molecular weight is 889 g/mol.